The lowest BCUT2D eigenvalue weighted by Crippen LogP contribution is -2.30. The third-order valence-corrected chi connectivity index (χ3v) is 16.7. The van der Waals surface area contributed by atoms with Gasteiger partial charge >= 0.3 is 39.5 Å². The van der Waals surface area contributed by atoms with Gasteiger partial charge in [-0.05, 0) is 31.6 Å². The van der Waals surface area contributed by atoms with Crippen LogP contribution in [-0.2, 0) is 65.4 Å². The molecule has 0 aromatic rings. The Bertz CT molecular complexity index is 1620. The monoisotopic (exact) mass is 1230 g/mol. The molecule has 0 aliphatic carbocycles. The SMILES string of the molecule is CCCCCCCCCCCCCC(=O)OC[C@H](COP(=O)(O)OC[C@@H](O)COP(=O)(O)OC[C@@H](COC(=O)CCCCCCCCC)OC(=O)CCCCCCCCCC)OC(=O)CCCCCCCCCCCCCCCCC(C)C. The summed E-state index contributed by atoms with van der Waals surface area (Å²) < 4.78 is 67.8. The van der Waals surface area contributed by atoms with Crippen LogP contribution in [0.3, 0.4) is 0 Å². The number of aliphatic hydroxyl groups is 1. The number of phosphoric acid groups is 2. The first-order valence-electron chi connectivity index (χ1n) is 33.6. The maximum atomic E-state index is 13.0. The van der Waals surface area contributed by atoms with Crippen molar-refractivity contribution in [3.63, 3.8) is 0 Å². The maximum absolute atomic E-state index is 13.0. The van der Waals surface area contributed by atoms with Crippen molar-refractivity contribution >= 4 is 39.5 Å². The summed E-state index contributed by atoms with van der Waals surface area (Å²) in [5, 5.41) is 10.5. The van der Waals surface area contributed by atoms with E-state index < -0.39 is 97.5 Å². The number of aliphatic hydroxyl groups excluding tert-OH is 1. The van der Waals surface area contributed by atoms with E-state index in [4.69, 9.17) is 37.0 Å². The molecule has 0 saturated carbocycles. The van der Waals surface area contributed by atoms with Gasteiger partial charge in [0.1, 0.15) is 19.3 Å². The number of carbonyl (C=O) groups is 4. The lowest BCUT2D eigenvalue weighted by molar-refractivity contribution is -0.161. The molecule has 0 heterocycles. The summed E-state index contributed by atoms with van der Waals surface area (Å²) in [5.74, 6) is -1.34. The van der Waals surface area contributed by atoms with Gasteiger partial charge in [0.05, 0.1) is 26.4 Å². The van der Waals surface area contributed by atoms with E-state index in [2.05, 4.69) is 34.6 Å². The lowest BCUT2D eigenvalue weighted by atomic mass is 10.0. The van der Waals surface area contributed by atoms with Crippen molar-refractivity contribution in [2.75, 3.05) is 39.6 Å². The van der Waals surface area contributed by atoms with Gasteiger partial charge in [-0.25, -0.2) is 9.13 Å². The van der Waals surface area contributed by atoms with Gasteiger partial charge in [-0.2, -0.15) is 0 Å². The molecule has 0 fully saturated rings. The van der Waals surface area contributed by atoms with Crippen molar-refractivity contribution in [1.29, 1.82) is 0 Å². The summed E-state index contributed by atoms with van der Waals surface area (Å²) >= 11 is 0. The number of carbonyl (C=O) groups excluding carboxylic acids is 4. The fourth-order valence-electron chi connectivity index (χ4n) is 9.58. The fourth-order valence-corrected chi connectivity index (χ4v) is 11.2. The van der Waals surface area contributed by atoms with Crippen LogP contribution in [0.5, 0.6) is 0 Å². The van der Waals surface area contributed by atoms with Gasteiger partial charge in [-0.1, -0.05) is 272 Å². The highest BCUT2D eigenvalue weighted by atomic mass is 31.2. The maximum Gasteiger partial charge on any atom is 0.472 e. The first kappa shape index (κ1) is 81.1. The molecule has 19 heteroatoms. The van der Waals surface area contributed by atoms with Crippen LogP contribution in [0.2, 0.25) is 0 Å². The Morgan fingerprint density at radius 2 is 0.554 bits per heavy atom. The van der Waals surface area contributed by atoms with Crippen LogP contribution in [0.15, 0.2) is 0 Å². The molecule has 5 atom stereocenters. The molecule has 83 heavy (non-hydrogen) atoms. The smallest absolute Gasteiger partial charge is 0.462 e. The topological polar surface area (TPSA) is 237 Å². The highest BCUT2D eigenvalue weighted by Crippen LogP contribution is 2.45. The molecule has 0 rings (SSSR count). The van der Waals surface area contributed by atoms with Gasteiger partial charge in [0.2, 0.25) is 0 Å². The molecule has 0 amide bonds. The van der Waals surface area contributed by atoms with E-state index in [1.807, 2.05) is 0 Å². The van der Waals surface area contributed by atoms with Gasteiger partial charge in [0, 0.05) is 25.7 Å². The Morgan fingerprint density at radius 3 is 0.819 bits per heavy atom. The predicted molar refractivity (Wildman–Crippen MR) is 331 cm³/mol. The quantitative estimate of drug-likeness (QED) is 0.0222. The van der Waals surface area contributed by atoms with Crippen LogP contribution in [-0.4, -0.2) is 96.7 Å². The second kappa shape index (κ2) is 57.8. The summed E-state index contributed by atoms with van der Waals surface area (Å²) in [7, 11) is -9.88. The zero-order chi connectivity index (χ0) is 61.3. The van der Waals surface area contributed by atoms with Crippen molar-refractivity contribution in [2.24, 2.45) is 5.92 Å². The van der Waals surface area contributed by atoms with E-state index >= 15 is 0 Å². The van der Waals surface area contributed by atoms with Crippen LogP contribution >= 0.6 is 15.6 Å². The molecular weight excluding hydrogens is 1100 g/mol. The Kier molecular flexibility index (Phi) is 56.4. The molecule has 17 nitrogen and oxygen atoms in total. The average molecular weight is 1230 g/mol. The van der Waals surface area contributed by atoms with Gasteiger partial charge in [-0.15, -0.1) is 0 Å². The first-order chi connectivity index (χ1) is 40.0. The predicted octanol–water partition coefficient (Wildman–Crippen LogP) is 17.8. The van der Waals surface area contributed by atoms with Crippen molar-refractivity contribution in [3.8, 4) is 0 Å². The van der Waals surface area contributed by atoms with Crippen LogP contribution in [0, 0.1) is 5.92 Å². The Hall–Kier alpha value is -1.94. The number of hydrogen-bond donors (Lipinski definition) is 3. The molecule has 2 unspecified atom stereocenters. The number of unbranched alkanes of at least 4 members (excludes halogenated alkanes) is 36. The van der Waals surface area contributed by atoms with Crippen molar-refractivity contribution in [3.05, 3.63) is 0 Å². The van der Waals surface area contributed by atoms with Crippen molar-refractivity contribution in [2.45, 2.75) is 342 Å². The fraction of sp³-hybridized carbons (Fsp3) is 0.938. The summed E-state index contributed by atoms with van der Waals surface area (Å²) in [5.41, 5.74) is 0. The second-order valence-corrected chi connectivity index (χ2v) is 26.5. The zero-order valence-corrected chi connectivity index (χ0v) is 55.1. The van der Waals surface area contributed by atoms with E-state index in [0.29, 0.717) is 25.7 Å². The molecule has 0 aliphatic heterocycles. The second-order valence-electron chi connectivity index (χ2n) is 23.6. The normalized spacial score (nSPS) is 14.2. The third-order valence-electron chi connectivity index (χ3n) is 14.8. The number of phosphoric ester groups is 2. The Morgan fingerprint density at radius 1 is 0.325 bits per heavy atom. The first-order valence-corrected chi connectivity index (χ1v) is 36.6. The highest BCUT2D eigenvalue weighted by Gasteiger charge is 2.30. The van der Waals surface area contributed by atoms with Gasteiger partial charge in [0.15, 0.2) is 12.2 Å². The minimum Gasteiger partial charge on any atom is -0.462 e. The Labute approximate surface area is 505 Å². The molecular formula is C64H124O17P2. The molecule has 3 N–H and O–H groups in total. The zero-order valence-electron chi connectivity index (χ0n) is 53.3. The molecule has 0 radical (unpaired) electrons. The van der Waals surface area contributed by atoms with Crippen LogP contribution in [0.4, 0.5) is 0 Å². The van der Waals surface area contributed by atoms with Crippen LogP contribution in [0.25, 0.3) is 0 Å². The third kappa shape index (κ3) is 58.8. The number of ether oxygens (including phenoxy) is 4. The van der Waals surface area contributed by atoms with Gasteiger partial charge < -0.3 is 33.8 Å². The molecule has 492 valence electrons. The van der Waals surface area contributed by atoms with Gasteiger partial charge in [0.25, 0.3) is 0 Å². The summed E-state index contributed by atoms with van der Waals surface area (Å²) in [4.78, 5) is 72.0. The molecule has 0 aromatic heterocycles. The highest BCUT2D eigenvalue weighted by molar-refractivity contribution is 7.47. The number of hydrogen-bond acceptors (Lipinski definition) is 15. The largest absolute Gasteiger partial charge is 0.472 e. The molecule has 0 bridgehead atoms. The Balaban J connectivity index is 5.17. The molecule has 0 aromatic carbocycles. The van der Waals surface area contributed by atoms with E-state index in [1.165, 1.54) is 128 Å². The number of rotatable bonds is 64. The average Bonchev–Trinajstić information content (AvgIpc) is 3.48. The summed E-state index contributed by atoms with van der Waals surface area (Å²) in [6.45, 7) is 7.15. The summed E-state index contributed by atoms with van der Waals surface area (Å²) in [6, 6.07) is 0. The van der Waals surface area contributed by atoms with E-state index in [-0.39, 0.29) is 25.7 Å². The van der Waals surface area contributed by atoms with Crippen LogP contribution in [0.1, 0.15) is 324 Å². The number of esters is 4. The van der Waals surface area contributed by atoms with E-state index in [0.717, 1.165) is 115 Å². The molecule has 0 spiro atoms. The van der Waals surface area contributed by atoms with Crippen LogP contribution < -0.4 is 0 Å². The molecule has 0 saturated heterocycles. The van der Waals surface area contributed by atoms with Crippen molar-refractivity contribution < 1.29 is 80.2 Å². The molecule has 0 aliphatic rings. The minimum absolute atomic E-state index is 0.105. The lowest BCUT2D eigenvalue weighted by Gasteiger charge is -2.21. The minimum atomic E-state index is -4.94. The van der Waals surface area contributed by atoms with E-state index in [1.54, 1.807) is 0 Å². The van der Waals surface area contributed by atoms with E-state index in [9.17, 15) is 43.2 Å². The van der Waals surface area contributed by atoms with Crippen molar-refractivity contribution in [1.82, 2.24) is 0 Å². The summed E-state index contributed by atoms with van der Waals surface area (Å²) in [6.07, 6.45) is 41.8. The standard InChI is InChI=1S/C64H124O17P2/c1-6-9-12-15-18-20-25-29-34-38-43-48-62(67)75-54-60(81-64(69)50-45-40-35-30-27-24-22-21-23-26-28-32-36-41-46-57(4)5)56-79-83(72,73)77-52-58(65)51-76-82(70,71)78-55-59(53-74-61(66)47-42-37-31-17-14-11-8-3)80-63(68)49-44-39-33-19-16-13-10-7-2/h57-60,65H,6-56H2,1-5H3,(H,70,71)(H,72,73)/t58-,59+,60+/m0/s1. The van der Waals surface area contributed by atoms with Gasteiger partial charge in [-0.3, -0.25) is 37.3 Å².